The summed E-state index contributed by atoms with van der Waals surface area (Å²) in [5.41, 5.74) is 0.317. The van der Waals surface area contributed by atoms with Gasteiger partial charge in [0, 0.05) is 30.7 Å². The normalized spacial score (nSPS) is 40.8. The minimum Gasteiger partial charge on any atom is -0.309 e. The lowest BCUT2D eigenvalue weighted by atomic mass is 9.85. The average molecular weight is 280 g/mol. The van der Waals surface area contributed by atoms with Crippen LogP contribution in [0.4, 0.5) is 0 Å². The first-order valence-corrected chi connectivity index (χ1v) is 8.97. The number of piperazine rings is 1. The quantitative estimate of drug-likeness (QED) is 0.785. The van der Waals surface area contributed by atoms with Crippen molar-refractivity contribution in [1.29, 1.82) is 0 Å². The molecule has 1 aliphatic carbocycles. The second-order valence-electron chi connectivity index (χ2n) is 7.96. The second-order valence-corrected chi connectivity index (χ2v) is 7.96. The third kappa shape index (κ3) is 3.57. The molecule has 2 aliphatic rings. The number of hydrogen-bond acceptors (Lipinski definition) is 2. The summed E-state index contributed by atoms with van der Waals surface area (Å²) in [5, 5.41) is 3.83. The summed E-state index contributed by atoms with van der Waals surface area (Å²) in [4.78, 5) is 2.90. The molecule has 0 radical (unpaired) electrons. The third-order valence-electron chi connectivity index (χ3n) is 5.99. The Kier molecular flexibility index (Phi) is 5.53. The molecule has 2 rings (SSSR count). The lowest BCUT2D eigenvalue weighted by Crippen LogP contribution is -2.66. The van der Waals surface area contributed by atoms with E-state index in [4.69, 9.17) is 0 Å². The Labute approximate surface area is 126 Å². The third-order valence-corrected chi connectivity index (χ3v) is 5.99. The Morgan fingerprint density at radius 1 is 1.20 bits per heavy atom. The van der Waals surface area contributed by atoms with Gasteiger partial charge in [-0.15, -0.1) is 0 Å². The highest BCUT2D eigenvalue weighted by molar-refractivity contribution is 4.98. The molecular formula is C18H36N2. The first-order chi connectivity index (χ1) is 9.47. The van der Waals surface area contributed by atoms with Crippen molar-refractivity contribution in [1.82, 2.24) is 10.2 Å². The number of rotatable bonds is 3. The molecule has 1 heterocycles. The Balaban J connectivity index is 2.17. The molecule has 20 heavy (non-hydrogen) atoms. The van der Waals surface area contributed by atoms with Crippen LogP contribution in [-0.4, -0.2) is 35.6 Å². The van der Waals surface area contributed by atoms with E-state index >= 15 is 0 Å². The van der Waals surface area contributed by atoms with Crippen LogP contribution in [0.2, 0.25) is 0 Å². The van der Waals surface area contributed by atoms with Crippen molar-refractivity contribution in [3.05, 3.63) is 0 Å². The van der Waals surface area contributed by atoms with Crippen molar-refractivity contribution < 1.29 is 0 Å². The fourth-order valence-electron chi connectivity index (χ4n) is 4.23. The van der Waals surface area contributed by atoms with Gasteiger partial charge >= 0.3 is 0 Å². The summed E-state index contributed by atoms with van der Waals surface area (Å²) in [6.45, 7) is 14.4. The Hall–Kier alpha value is -0.0800. The standard InChI is InChI=1S/C18H36N2/c1-6-18(5)13-20(17(12-19-18)14(2)3)16-11-9-7-8-10-15(16)4/h14-17,19H,6-13H2,1-5H3. The Morgan fingerprint density at radius 2 is 1.90 bits per heavy atom. The Bertz CT molecular complexity index is 302. The van der Waals surface area contributed by atoms with Crippen LogP contribution in [-0.2, 0) is 0 Å². The van der Waals surface area contributed by atoms with Gasteiger partial charge in [0.15, 0.2) is 0 Å². The van der Waals surface area contributed by atoms with E-state index in [1.807, 2.05) is 0 Å². The number of nitrogens with zero attached hydrogens (tertiary/aromatic N) is 1. The molecule has 1 saturated heterocycles. The van der Waals surface area contributed by atoms with Crippen molar-refractivity contribution in [2.24, 2.45) is 11.8 Å². The molecule has 2 fully saturated rings. The highest BCUT2D eigenvalue weighted by Gasteiger charge is 2.40. The minimum absolute atomic E-state index is 0.317. The van der Waals surface area contributed by atoms with Crippen LogP contribution in [0.3, 0.4) is 0 Å². The maximum absolute atomic E-state index is 3.83. The summed E-state index contributed by atoms with van der Waals surface area (Å²) < 4.78 is 0. The molecule has 0 amide bonds. The van der Waals surface area contributed by atoms with Gasteiger partial charge < -0.3 is 5.32 Å². The SMILES string of the molecule is CCC1(C)CN(C2CCCCCC2C)C(C(C)C)CN1. The molecule has 0 aromatic rings. The van der Waals surface area contributed by atoms with E-state index in [0.717, 1.165) is 23.9 Å². The van der Waals surface area contributed by atoms with Gasteiger partial charge in [-0.1, -0.05) is 47.0 Å². The maximum atomic E-state index is 3.83. The number of hydrogen-bond donors (Lipinski definition) is 1. The molecule has 0 aromatic carbocycles. The van der Waals surface area contributed by atoms with Crippen LogP contribution in [0.1, 0.15) is 73.1 Å². The van der Waals surface area contributed by atoms with E-state index in [2.05, 4.69) is 44.8 Å². The van der Waals surface area contributed by atoms with Crippen LogP contribution in [0.25, 0.3) is 0 Å². The average Bonchev–Trinajstić information content (AvgIpc) is 2.63. The van der Waals surface area contributed by atoms with Gasteiger partial charge in [0.2, 0.25) is 0 Å². The van der Waals surface area contributed by atoms with E-state index in [1.54, 1.807) is 0 Å². The molecule has 118 valence electrons. The van der Waals surface area contributed by atoms with E-state index < -0.39 is 0 Å². The van der Waals surface area contributed by atoms with E-state index in [1.165, 1.54) is 51.6 Å². The fourth-order valence-corrected chi connectivity index (χ4v) is 4.23. The molecule has 0 bridgehead atoms. The highest BCUT2D eigenvalue weighted by Crippen LogP contribution is 2.33. The molecule has 2 heteroatoms. The van der Waals surface area contributed by atoms with E-state index in [9.17, 15) is 0 Å². The van der Waals surface area contributed by atoms with Crippen molar-refractivity contribution in [3.8, 4) is 0 Å². The van der Waals surface area contributed by atoms with Crippen LogP contribution in [0.15, 0.2) is 0 Å². The van der Waals surface area contributed by atoms with Crippen LogP contribution in [0.5, 0.6) is 0 Å². The largest absolute Gasteiger partial charge is 0.309 e. The summed E-state index contributed by atoms with van der Waals surface area (Å²) in [6, 6.07) is 1.54. The number of nitrogens with one attached hydrogen (secondary N) is 1. The fraction of sp³-hybridized carbons (Fsp3) is 1.00. The topological polar surface area (TPSA) is 15.3 Å². The van der Waals surface area contributed by atoms with Crippen molar-refractivity contribution >= 4 is 0 Å². The van der Waals surface area contributed by atoms with Crippen LogP contribution in [0, 0.1) is 11.8 Å². The first-order valence-electron chi connectivity index (χ1n) is 8.97. The van der Waals surface area contributed by atoms with Crippen LogP contribution >= 0.6 is 0 Å². The maximum Gasteiger partial charge on any atom is 0.0278 e. The molecule has 1 saturated carbocycles. The predicted molar refractivity (Wildman–Crippen MR) is 88.1 cm³/mol. The predicted octanol–water partition coefficient (Wildman–Crippen LogP) is 4.05. The van der Waals surface area contributed by atoms with Crippen LogP contribution < -0.4 is 5.32 Å². The zero-order valence-corrected chi connectivity index (χ0v) is 14.4. The molecule has 1 N–H and O–H groups in total. The van der Waals surface area contributed by atoms with Gasteiger partial charge in [-0.25, -0.2) is 0 Å². The van der Waals surface area contributed by atoms with E-state index in [0.29, 0.717) is 5.54 Å². The summed E-state index contributed by atoms with van der Waals surface area (Å²) in [6.07, 6.45) is 8.42. The second kappa shape index (κ2) is 6.79. The minimum atomic E-state index is 0.317. The van der Waals surface area contributed by atoms with Crippen molar-refractivity contribution in [3.63, 3.8) is 0 Å². The first kappa shape index (κ1) is 16.3. The summed E-state index contributed by atoms with van der Waals surface area (Å²) in [7, 11) is 0. The van der Waals surface area contributed by atoms with E-state index in [-0.39, 0.29) is 0 Å². The zero-order valence-electron chi connectivity index (χ0n) is 14.4. The summed E-state index contributed by atoms with van der Waals surface area (Å²) >= 11 is 0. The van der Waals surface area contributed by atoms with Gasteiger partial charge in [-0.05, 0) is 38.0 Å². The lowest BCUT2D eigenvalue weighted by Gasteiger charge is -2.51. The molecule has 2 nitrogen and oxygen atoms in total. The summed E-state index contributed by atoms with van der Waals surface area (Å²) in [5.74, 6) is 1.62. The molecular weight excluding hydrogens is 244 g/mol. The lowest BCUT2D eigenvalue weighted by molar-refractivity contribution is 0.00337. The zero-order chi connectivity index (χ0) is 14.8. The molecule has 1 aliphatic heterocycles. The molecule has 4 unspecified atom stereocenters. The van der Waals surface area contributed by atoms with Gasteiger partial charge in [-0.2, -0.15) is 0 Å². The van der Waals surface area contributed by atoms with Gasteiger partial charge in [0.1, 0.15) is 0 Å². The molecule has 4 atom stereocenters. The van der Waals surface area contributed by atoms with Crippen molar-refractivity contribution in [2.45, 2.75) is 90.8 Å². The highest BCUT2D eigenvalue weighted by atomic mass is 15.3. The van der Waals surface area contributed by atoms with Gasteiger partial charge in [0.05, 0.1) is 0 Å². The Morgan fingerprint density at radius 3 is 2.55 bits per heavy atom. The van der Waals surface area contributed by atoms with Crippen molar-refractivity contribution in [2.75, 3.05) is 13.1 Å². The van der Waals surface area contributed by atoms with Gasteiger partial charge in [0.25, 0.3) is 0 Å². The smallest absolute Gasteiger partial charge is 0.0278 e. The monoisotopic (exact) mass is 280 g/mol. The molecule has 0 spiro atoms. The van der Waals surface area contributed by atoms with Gasteiger partial charge in [-0.3, -0.25) is 4.90 Å². The molecule has 0 aromatic heterocycles.